The number of rotatable bonds is 3. The highest BCUT2D eigenvalue weighted by molar-refractivity contribution is 6.34. The maximum Gasteiger partial charge on any atom is 0.271 e. The van der Waals surface area contributed by atoms with Crippen molar-refractivity contribution in [3.63, 3.8) is 0 Å². The van der Waals surface area contributed by atoms with Crippen molar-refractivity contribution in [2.75, 3.05) is 6.54 Å². The molecule has 84 valence electrons. The molecule has 0 saturated heterocycles. The molecule has 0 aliphatic heterocycles. The third-order valence-electron chi connectivity index (χ3n) is 1.82. The molecule has 0 spiro atoms. The zero-order valence-corrected chi connectivity index (χ0v) is 10.0. The van der Waals surface area contributed by atoms with E-state index in [1.165, 1.54) is 12.1 Å². The van der Waals surface area contributed by atoms with Gasteiger partial charge in [0.15, 0.2) is 0 Å². The van der Waals surface area contributed by atoms with Crippen LogP contribution in [0.1, 0.15) is 17.4 Å². The van der Waals surface area contributed by atoms with E-state index in [0.29, 0.717) is 0 Å². The van der Waals surface area contributed by atoms with Crippen molar-refractivity contribution in [3.05, 3.63) is 28.0 Å². The van der Waals surface area contributed by atoms with Gasteiger partial charge in [-0.15, -0.1) is 0 Å². The summed E-state index contributed by atoms with van der Waals surface area (Å²) in [6, 6.07) is 5.00. The maximum absolute atomic E-state index is 11.6. The second-order valence-corrected chi connectivity index (χ2v) is 4.00. The van der Waals surface area contributed by atoms with Crippen LogP contribution in [0.25, 0.3) is 0 Å². The molecule has 0 saturated carbocycles. The molecule has 4 nitrogen and oxygen atoms in total. The highest BCUT2D eigenvalue weighted by Crippen LogP contribution is 2.16. The number of carbonyl (C=O) groups excluding carboxylic acids is 1. The molecule has 1 aromatic rings. The quantitative estimate of drug-likeness (QED) is 0.846. The first-order chi connectivity index (χ1) is 7.54. The number of nitriles is 1. The van der Waals surface area contributed by atoms with Crippen LogP contribution in [-0.4, -0.2) is 17.4 Å². The van der Waals surface area contributed by atoms with Gasteiger partial charge in [0, 0.05) is 6.54 Å². The van der Waals surface area contributed by atoms with Gasteiger partial charge in [-0.25, -0.2) is 4.98 Å². The fourth-order valence-electron chi connectivity index (χ4n) is 0.953. The number of hydrogen-bond acceptors (Lipinski definition) is 3. The van der Waals surface area contributed by atoms with Crippen LogP contribution in [0.3, 0.4) is 0 Å². The summed E-state index contributed by atoms with van der Waals surface area (Å²) in [4.78, 5) is 15.4. The normalized spacial score (nSPS) is 11.6. The van der Waals surface area contributed by atoms with E-state index in [1.54, 1.807) is 6.92 Å². The topological polar surface area (TPSA) is 65.8 Å². The van der Waals surface area contributed by atoms with Gasteiger partial charge in [-0.2, -0.15) is 5.26 Å². The molecular formula is C10H9Cl2N3O. The summed E-state index contributed by atoms with van der Waals surface area (Å²) in [6.45, 7) is 1.95. The first-order valence-corrected chi connectivity index (χ1v) is 5.30. The van der Waals surface area contributed by atoms with Gasteiger partial charge in [0.25, 0.3) is 5.91 Å². The van der Waals surface area contributed by atoms with E-state index >= 15 is 0 Å². The summed E-state index contributed by atoms with van der Waals surface area (Å²) in [5.41, 5.74) is 0.0688. The van der Waals surface area contributed by atoms with E-state index in [9.17, 15) is 4.79 Å². The van der Waals surface area contributed by atoms with Crippen LogP contribution in [0.4, 0.5) is 0 Å². The molecule has 0 aliphatic carbocycles. The number of amides is 1. The summed E-state index contributed by atoms with van der Waals surface area (Å²) in [5.74, 6) is -0.698. The first kappa shape index (κ1) is 12.8. The Morgan fingerprint density at radius 3 is 2.94 bits per heavy atom. The molecule has 1 N–H and O–H groups in total. The molecule has 6 heteroatoms. The number of nitrogens with zero attached hydrogens (tertiary/aromatic N) is 2. The predicted molar refractivity (Wildman–Crippen MR) is 61.4 cm³/mol. The molecule has 0 aromatic carbocycles. The van der Waals surface area contributed by atoms with Crippen molar-refractivity contribution < 1.29 is 4.79 Å². The number of nitrogens with one attached hydrogen (secondary N) is 1. The fourth-order valence-corrected chi connectivity index (χ4v) is 1.29. The minimum atomic E-state index is -0.436. The van der Waals surface area contributed by atoms with E-state index in [0.717, 1.165) is 0 Å². The Kier molecular flexibility index (Phi) is 4.53. The molecule has 1 atom stereocenters. The molecule has 16 heavy (non-hydrogen) atoms. The summed E-state index contributed by atoms with van der Waals surface area (Å²) in [7, 11) is 0. The Hall–Kier alpha value is -1.31. The van der Waals surface area contributed by atoms with Crippen molar-refractivity contribution >= 4 is 29.1 Å². The van der Waals surface area contributed by atoms with Crippen LogP contribution in [0.5, 0.6) is 0 Å². The number of hydrogen-bond donors (Lipinski definition) is 1. The van der Waals surface area contributed by atoms with Gasteiger partial charge in [-0.1, -0.05) is 23.2 Å². The van der Waals surface area contributed by atoms with Gasteiger partial charge < -0.3 is 5.32 Å². The molecule has 0 fully saturated rings. The summed E-state index contributed by atoms with van der Waals surface area (Å²) < 4.78 is 0. The van der Waals surface area contributed by atoms with Gasteiger partial charge in [0.2, 0.25) is 0 Å². The van der Waals surface area contributed by atoms with Gasteiger partial charge in [-0.3, -0.25) is 4.79 Å². The lowest BCUT2D eigenvalue weighted by Gasteiger charge is -2.06. The Morgan fingerprint density at radius 1 is 1.62 bits per heavy atom. The largest absolute Gasteiger partial charge is 0.349 e. The minimum absolute atomic E-state index is 0.0688. The van der Waals surface area contributed by atoms with E-state index < -0.39 is 5.91 Å². The maximum atomic E-state index is 11.6. The van der Waals surface area contributed by atoms with Crippen molar-refractivity contribution in [1.29, 1.82) is 5.26 Å². The number of halogens is 2. The van der Waals surface area contributed by atoms with Gasteiger partial charge >= 0.3 is 0 Å². The minimum Gasteiger partial charge on any atom is -0.349 e. The second kappa shape index (κ2) is 5.69. The van der Waals surface area contributed by atoms with Crippen LogP contribution >= 0.6 is 23.2 Å². The Bertz CT molecular complexity index is 442. The molecule has 0 aliphatic rings. The molecule has 0 bridgehead atoms. The molecular weight excluding hydrogens is 249 g/mol. The third kappa shape index (κ3) is 3.37. The molecule has 1 unspecified atom stereocenters. The second-order valence-electron chi connectivity index (χ2n) is 3.20. The molecule has 1 aromatic heterocycles. The molecule has 1 amide bonds. The van der Waals surface area contributed by atoms with Crippen molar-refractivity contribution in [2.45, 2.75) is 6.92 Å². The lowest BCUT2D eigenvalue weighted by molar-refractivity contribution is 0.0946. The molecule has 1 rings (SSSR count). The van der Waals surface area contributed by atoms with Crippen LogP contribution < -0.4 is 5.32 Å². The van der Waals surface area contributed by atoms with Crippen molar-refractivity contribution in [3.8, 4) is 6.07 Å². The average Bonchev–Trinajstić information content (AvgIpc) is 2.28. The molecule has 0 radical (unpaired) electrons. The zero-order chi connectivity index (χ0) is 12.1. The standard InChI is InChI=1S/C10H9Cl2N3O/c1-6(4-13)5-14-10(16)9-7(11)2-3-8(12)15-9/h2-3,6H,5H2,1H3,(H,14,16). The van der Waals surface area contributed by atoms with Crippen molar-refractivity contribution in [2.24, 2.45) is 5.92 Å². The Balaban J connectivity index is 2.74. The van der Waals surface area contributed by atoms with E-state index in [2.05, 4.69) is 10.3 Å². The zero-order valence-electron chi connectivity index (χ0n) is 8.50. The summed E-state index contributed by atoms with van der Waals surface area (Å²) in [5, 5.41) is 11.5. The monoisotopic (exact) mass is 257 g/mol. The lowest BCUT2D eigenvalue weighted by atomic mass is 10.2. The van der Waals surface area contributed by atoms with E-state index in [4.69, 9.17) is 28.5 Å². The van der Waals surface area contributed by atoms with Crippen LogP contribution in [0.2, 0.25) is 10.2 Å². The lowest BCUT2D eigenvalue weighted by Crippen LogP contribution is -2.28. The Labute approximate surface area is 103 Å². The summed E-state index contributed by atoms with van der Waals surface area (Å²) >= 11 is 11.4. The van der Waals surface area contributed by atoms with Crippen LogP contribution in [0.15, 0.2) is 12.1 Å². The molecule has 1 heterocycles. The summed E-state index contributed by atoms with van der Waals surface area (Å²) in [6.07, 6.45) is 0. The number of carbonyl (C=O) groups is 1. The van der Waals surface area contributed by atoms with Crippen LogP contribution in [-0.2, 0) is 0 Å². The SMILES string of the molecule is CC(C#N)CNC(=O)c1nc(Cl)ccc1Cl. The first-order valence-electron chi connectivity index (χ1n) is 4.54. The highest BCUT2D eigenvalue weighted by Gasteiger charge is 2.13. The van der Waals surface area contributed by atoms with Gasteiger partial charge in [-0.05, 0) is 19.1 Å². The van der Waals surface area contributed by atoms with Crippen molar-refractivity contribution in [1.82, 2.24) is 10.3 Å². The van der Waals surface area contributed by atoms with Gasteiger partial charge in [0.05, 0.1) is 17.0 Å². The number of pyridine rings is 1. The highest BCUT2D eigenvalue weighted by atomic mass is 35.5. The van der Waals surface area contributed by atoms with Crippen LogP contribution in [0, 0.1) is 17.2 Å². The van der Waals surface area contributed by atoms with Gasteiger partial charge in [0.1, 0.15) is 10.8 Å². The van der Waals surface area contributed by atoms with E-state index in [-0.39, 0.29) is 28.3 Å². The fraction of sp³-hybridized carbons (Fsp3) is 0.300. The number of aromatic nitrogens is 1. The van der Waals surface area contributed by atoms with E-state index in [1.807, 2.05) is 6.07 Å². The predicted octanol–water partition coefficient (Wildman–Crippen LogP) is 2.28. The smallest absolute Gasteiger partial charge is 0.271 e. The third-order valence-corrected chi connectivity index (χ3v) is 2.33. The Morgan fingerprint density at radius 2 is 2.31 bits per heavy atom. The average molecular weight is 258 g/mol.